The molecule has 2 atom stereocenters. The maximum atomic E-state index is 12.1. The molecular formula is C50H75O10P. The first-order valence-corrected chi connectivity index (χ1v) is 23.5. The first-order chi connectivity index (χ1) is 29.7. The lowest BCUT2D eigenvalue weighted by atomic mass is 10.1. The molecule has 0 radical (unpaired) electrons. The van der Waals surface area contributed by atoms with E-state index in [9.17, 15) is 29.3 Å². The van der Waals surface area contributed by atoms with E-state index in [1.54, 1.807) is 36.5 Å². The number of phosphoric ester groups is 1. The zero-order valence-electron chi connectivity index (χ0n) is 36.8. The van der Waals surface area contributed by atoms with E-state index in [0.29, 0.717) is 0 Å². The van der Waals surface area contributed by atoms with Crippen molar-refractivity contribution in [2.45, 2.75) is 129 Å². The minimum absolute atomic E-state index is 0.0395. The summed E-state index contributed by atoms with van der Waals surface area (Å²) in [7, 11) is -4.66. The van der Waals surface area contributed by atoms with Crippen LogP contribution in [0.5, 0.6) is 0 Å². The summed E-state index contributed by atoms with van der Waals surface area (Å²) >= 11 is 0. The molecule has 0 aromatic carbocycles. The van der Waals surface area contributed by atoms with Gasteiger partial charge in [-0.1, -0.05) is 224 Å². The highest BCUT2D eigenvalue weighted by Gasteiger charge is 2.25. The molecule has 0 aromatic heterocycles. The summed E-state index contributed by atoms with van der Waals surface area (Å²) in [5.41, 5.74) is 0. The number of hydrogen-bond acceptors (Lipinski definition) is 9. The second-order valence-electron chi connectivity index (χ2n) is 14.0. The van der Waals surface area contributed by atoms with Gasteiger partial charge in [0.15, 0.2) is 0 Å². The van der Waals surface area contributed by atoms with Gasteiger partial charge in [-0.15, -0.1) is 0 Å². The number of hydrogen-bond donors (Lipinski definition) is 3. The van der Waals surface area contributed by atoms with E-state index in [-0.39, 0.29) is 12.8 Å². The van der Waals surface area contributed by atoms with E-state index in [4.69, 9.17) is 18.5 Å². The first-order valence-electron chi connectivity index (χ1n) is 22.0. The largest absolute Gasteiger partial charge is 0.472 e. The molecule has 3 N–H and O–H groups in total. The zero-order valence-corrected chi connectivity index (χ0v) is 37.7. The van der Waals surface area contributed by atoms with Gasteiger partial charge < -0.3 is 24.6 Å². The molecule has 0 rings (SSSR count). The third-order valence-corrected chi connectivity index (χ3v) is 9.25. The molecule has 0 aromatic rings. The fourth-order valence-corrected chi connectivity index (χ4v) is 5.73. The number of allylic oxidation sites excluding steroid dienone is 22. The molecule has 0 saturated carbocycles. The summed E-state index contributed by atoms with van der Waals surface area (Å²) in [6.07, 6.45) is 60.4. The maximum absolute atomic E-state index is 12.1. The minimum atomic E-state index is -4.66. The average molecular weight is 867 g/mol. The third kappa shape index (κ3) is 45.2. The van der Waals surface area contributed by atoms with Crippen LogP contribution in [0, 0.1) is 0 Å². The Morgan fingerprint density at radius 2 is 0.705 bits per heavy atom. The molecule has 0 aliphatic rings. The number of phosphoric acid groups is 1. The highest BCUT2D eigenvalue weighted by Crippen LogP contribution is 2.43. The summed E-state index contributed by atoms with van der Waals surface area (Å²) in [4.78, 5) is 33.7. The number of carbonyl (C=O) groups excluding carboxylic acids is 2. The molecule has 0 aliphatic heterocycles. The van der Waals surface area contributed by atoms with Gasteiger partial charge in [-0.05, 0) is 25.7 Å². The number of aliphatic hydroxyl groups is 2. The van der Waals surface area contributed by atoms with E-state index >= 15 is 0 Å². The van der Waals surface area contributed by atoms with E-state index in [2.05, 4.69) is 38.2 Å². The van der Waals surface area contributed by atoms with Crippen LogP contribution in [0.25, 0.3) is 0 Å². The molecule has 0 saturated heterocycles. The quantitative estimate of drug-likeness (QED) is 0.0237. The summed E-state index contributed by atoms with van der Waals surface area (Å²) in [5, 5.41) is 20.0. The lowest BCUT2D eigenvalue weighted by Gasteiger charge is -2.17. The van der Waals surface area contributed by atoms with Crippen LogP contribution in [0.15, 0.2) is 146 Å². The number of unbranched alkanes of at least 4 members (excludes halogenated alkanes) is 12. The van der Waals surface area contributed by atoms with E-state index in [0.717, 1.165) is 12.8 Å². The zero-order chi connectivity index (χ0) is 44.8. The smallest absolute Gasteiger partial charge is 0.463 e. The highest BCUT2D eigenvalue weighted by atomic mass is 31.2. The van der Waals surface area contributed by atoms with Gasteiger partial charge >= 0.3 is 19.8 Å². The Morgan fingerprint density at radius 3 is 1.03 bits per heavy atom. The van der Waals surface area contributed by atoms with Crippen molar-refractivity contribution < 1.29 is 47.8 Å². The van der Waals surface area contributed by atoms with Crippen molar-refractivity contribution in [2.75, 3.05) is 26.4 Å². The van der Waals surface area contributed by atoms with Gasteiger partial charge in [-0.3, -0.25) is 18.6 Å². The fraction of sp³-hybridized carbons (Fsp3) is 0.480. The van der Waals surface area contributed by atoms with E-state index in [1.807, 2.05) is 85.1 Å². The molecule has 0 heterocycles. The van der Waals surface area contributed by atoms with Gasteiger partial charge in [0.05, 0.1) is 26.1 Å². The van der Waals surface area contributed by atoms with Gasteiger partial charge in [0.1, 0.15) is 25.4 Å². The number of esters is 2. The lowest BCUT2D eigenvalue weighted by Crippen LogP contribution is -2.25. The Morgan fingerprint density at radius 1 is 0.426 bits per heavy atom. The van der Waals surface area contributed by atoms with Crippen LogP contribution in [0.4, 0.5) is 0 Å². The van der Waals surface area contributed by atoms with Crippen molar-refractivity contribution in [1.29, 1.82) is 0 Å². The SMILES string of the molecule is CCCCCCCC/C=C/C=C/C=C/C=C/C=C/C=C/CC(=O)OC[C@@H](O)COP(=O)(O)OC[C@H](O)COC(=O)C/C=C/C=C/C=C/C=C/C=C/C=C/CCCCCCCC. The molecule has 0 bridgehead atoms. The topological polar surface area (TPSA) is 149 Å². The number of aliphatic hydroxyl groups excluding tert-OH is 2. The number of rotatable bonds is 38. The summed E-state index contributed by atoms with van der Waals surface area (Å²) in [5.74, 6) is -1.21. The van der Waals surface area contributed by atoms with Crippen LogP contribution in [0.3, 0.4) is 0 Å². The second-order valence-corrected chi connectivity index (χ2v) is 15.5. The monoisotopic (exact) mass is 867 g/mol. The van der Waals surface area contributed by atoms with Crippen LogP contribution < -0.4 is 0 Å². The van der Waals surface area contributed by atoms with Crippen molar-refractivity contribution in [3.8, 4) is 0 Å². The summed E-state index contributed by atoms with van der Waals surface area (Å²) < 4.78 is 31.4. The standard InChI is InChI=1S/C50H75O10P/c1-3-5-7-9-11-13-15-17-19-21-23-25-27-29-31-33-35-37-39-41-49(53)57-43-47(51)45-59-61(55,56)60-46-48(52)44-58-50(54)42-40-38-36-34-32-30-28-26-24-22-20-18-16-14-12-10-8-6-4-2/h17-40,47-48,51-52H,3-16,41-46H2,1-2H3,(H,55,56)/b19-17+,20-18+,23-21+,24-22+,27-25+,28-26+,31-29+,32-30+,35-33+,36-34+,39-37+,40-38+/t47-,48-/m1/s1. The lowest BCUT2D eigenvalue weighted by molar-refractivity contribution is -0.146. The van der Waals surface area contributed by atoms with Crippen LogP contribution in [-0.2, 0) is 32.7 Å². The van der Waals surface area contributed by atoms with Crippen molar-refractivity contribution in [3.05, 3.63) is 146 Å². The predicted octanol–water partition coefficient (Wildman–Crippen LogP) is 11.9. The average Bonchev–Trinajstić information content (AvgIpc) is 3.25. The predicted molar refractivity (Wildman–Crippen MR) is 251 cm³/mol. The molecule has 0 amide bonds. The molecule has 0 unspecified atom stereocenters. The van der Waals surface area contributed by atoms with Crippen LogP contribution in [0.1, 0.15) is 117 Å². The molecule has 11 heteroatoms. The van der Waals surface area contributed by atoms with Crippen molar-refractivity contribution in [1.82, 2.24) is 0 Å². The minimum Gasteiger partial charge on any atom is -0.463 e. The number of ether oxygens (including phenoxy) is 2. The van der Waals surface area contributed by atoms with Crippen LogP contribution in [-0.4, -0.2) is 65.7 Å². The maximum Gasteiger partial charge on any atom is 0.472 e. The molecule has 340 valence electrons. The Labute approximate surface area is 367 Å². The van der Waals surface area contributed by atoms with Crippen LogP contribution in [0.2, 0.25) is 0 Å². The Balaban J connectivity index is 4.05. The Hall–Kier alpha value is -4.15. The van der Waals surface area contributed by atoms with Gasteiger partial charge in [0.2, 0.25) is 0 Å². The third-order valence-electron chi connectivity index (χ3n) is 8.30. The Bertz CT molecular complexity index is 1400. The van der Waals surface area contributed by atoms with Gasteiger partial charge in [-0.25, -0.2) is 4.57 Å². The normalized spacial score (nSPS) is 14.4. The fourth-order valence-electron chi connectivity index (χ4n) is 4.94. The molecule has 0 fully saturated rings. The van der Waals surface area contributed by atoms with E-state index < -0.39 is 58.4 Å². The first kappa shape index (κ1) is 56.9. The Kier molecular flexibility index (Phi) is 40.9. The summed E-state index contributed by atoms with van der Waals surface area (Å²) in [6.45, 7) is 2.20. The van der Waals surface area contributed by atoms with Crippen molar-refractivity contribution >= 4 is 19.8 Å². The van der Waals surface area contributed by atoms with Crippen LogP contribution >= 0.6 is 7.82 Å². The highest BCUT2D eigenvalue weighted by molar-refractivity contribution is 7.47. The number of carbonyl (C=O) groups is 2. The van der Waals surface area contributed by atoms with Gasteiger partial charge in [0, 0.05) is 0 Å². The van der Waals surface area contributed by atoms with Crippen molar-refractivity contribution in [2.24, 2.45) is 0 Å². The van der Waals surface area contributed by atoms with Crippen molar-refractivity contribution in [3.63, 3.8) is 0 Å². The van der Waals surface area contributed by atoms with Gasteiger partial charge in [-0.2, -0.15) is 0 Å². The second kappa shape index (κ2) is 43.9. The van der Waals surface area contributed by atoms with Gasteiger partial charge in [0.25, 0.3) is 0 Å². The molecule has 0 aliphatic carbocycles. The molecular weight excluding hydrogens is 792 g/mol. The molecule has 0 spiro atoms. The molecule has 10 nitrogen and oxygen atoms in total. The van der Waals surface area contributed by atoms with E-state index in [1.165, 1.54) is 77.0 Å². The molecule has 61 heavy (non-hydrogen) atoms. The summed E-state index contributed by atoms with van der Waals surface area (Å²) in [6, 6.07) is 0.